The van der Waals surface area contributed by atoms with Crippen LogP contribution in [-0.4, -0.2) is 60.9 Å². The number of carbonyl (C=O) groups is 1. The van der Waals surface area contributed by atoms with E-state index in [1.165, 1.54) is 0 Å². The summed E-state index contributed by atoms with van der Waals surface area (Å²) in [6.07, 6.45) is 8.03. The van der Waals surface area contributed by atoms with Crippen LogP contribution in [0.5, 0.6) is 0 Å². The Labute approximate surface area is 189 Å². The van der Waals surface area contributed by atoms with Gasteiger partial charge in [0.15, 0.2) is 0 Å². The third-order valence-electron chi connectivity index (χ3n) is 5.99. The van der Waals surface area contributed by atoms with Gasteiger partial charge in [-0.3, -0.25) is 0 Å². The van der Waals surface area contributed by atoms with Crippen LogP contribution >= 0.6 is 0 Å². The van der Waals surface area contributed by atoms with Crippen molar-refractivity contribution in [1.29, 1.82) is 0 Å². The largest absolute Gasteiger partial charge is 0.341 e. The predicted octanol–water partition coefficient (Wildman–Crippen LogP) is 2.12. The summed E-state index contributed by atoms with van der Waals surface area (Å²) in [5, 5.41) is 5.88. The molecule has 2 amide bonds. The summed E-state index contributed by atoms with van der Waals surface area (Å²) in [7, 11) is -3.43. The van der Waals surface area contributed by atoms with E-state index in [-0.39, 0.29) is 12.1 Å². The van der Waals surface area contributed by atoms with Crippen LogP contribution in [0.15, 0.2) is 47.6 Å². The van der Waals surface area contributed by atoms with E-state index in [9.17, 15) is 13.2 Å². The van der Waals surface area contributed by atoms with Crippen molar-refractivity contribution in [3.63, 3.8) is 0 Å². The average molecular weight is 459 g/mol. The van der Waals surface area contributed by atoms with Crippen LogP contribution in [0.2, 0.25) is 0 Å². The van der Waals surface area contributed by atoms with Gasteiger partial charge in [0.1, 0.15) is 0 Å². The van der Waals surface area contributed by atoms with Crippen molar-refractivity contribution in [3.8, 4) is 0 Å². The van der Waals surface area contributed by atoms with Crippen molar-refractivity contribution in [1.82, 2.24) is 24.9 Å². The molecule has 9 nitrogen and oxygen atoms in total. The lowest BCUT2D eigenvalue weighted by Gasteiger charge is -2.32. The molecule has 2 N–H and O–H groups in total. The molecule has 0 radical (unpaired) electrons. The number of sulfonamides is 1. The highest BCUT2D eigenvalue weighted by molar-refractivity contribution is 7.89. The third-order valence-corrected chi connectivity index (χ3v) is 7.91. The Balaban J connectivity index is 1.22. The van der Waals surface area contributed by atoms with Crippen molar-refractivity contribution in [2.75, 3.05) is 31.1 Å². The van der Waals surface area contributed by atoms with Gasteiger partial charge in [-0.1, -0.05) is 18.6 Å². The molecule has 2 aliphatic heterocycles. The molecule has 1 aromatic carbocycles. The normalized spacial score (nSPS) is 18.3. The Morgan fingerprint density at radius 1 is 0.969 bits per heavy atom. The molecule has 172 valence electrons. The highest BCUT2D eigenvalue weighted by atomic mass is 32.2. The molecule has 0 bridgehead atoms. The second-order valence-corrected chi connectivity index (χ2v) is 10.2. The van der Waals surface area contributed by atoms with E-state index in [2.05, 4.69) is 25.5 Å². The first-order valence-electron chi connectivity index (χ1n) is 11.2. The molecule has 0 spiro atoms. The molecule has 32 heavy (non-hydrogen) atoms. The highest BCUT2D eigenvalue weighted by Crippen LogP contribution is 2.21. The number of piperidine rings is 2. The molecule has 0 atom stereocenters. The maximum atomic E-state index is 12.7. The lowest BCUT2D eigenvalue weighted by Crippen LogP contribution is -2.48. The molecule has 2 aromatic rings. The number of hydrogen-bond donors (Lipinski definition) is 2. The molecule has 10 heteroatoms. The molecule has 4 rings (SSSR count). The van der Waals surface area contributed by atoms with Crippen molar-refractivity contribution >= 4 is 22.0 Å². The number of hydrogen-bond acceptors (Lipinski definition) is 6. The Morgan fingerprint density at radius 3 is 2.28 bits per heavy atom. The van der Waals surface area contributed by atoms with Crippen LogP contribution in [0, 0.1) is 0 Å². The second-order valence-electron chi connectivity index (χ2n) is 8.25. The predicted molar refractivity (Wildman–Crippen MR) is 122 cm³/mol. The lowest BCUT2D eigenvalue weighted by atomic mass is 10.1. The van der Waals surface area contributed by atoms with Crippen LogP contribution in [0.4, 0.5) is 10.7 Å². The monoisotopic (exact) mass is 458 g/mol. The molecule has 0 aliphatic carbocycles. The van der Waals surface area contributed by atoms with Gasteiger partial charge in [-0.05, 0) is 49.4 Å². The minimum atomic E-state index is -3.43. The third kappa shape index (κ3) is 5.55. The van der Waals surface area contributed by atoms with Crippen molar-refractivity contribution in [3.05, 3.63) is 48.3 Å². The van der Waals surface area contributed by atoms with Gasteiger partial charge in [0, 0.05) is 51.2 Å². The summed E-state index contributed by atoms with van der Waals surface area (Å²) in [5.74, 6) is 0.723. The number of nitrogens with one attached hydrogen (secondary N) is 2. The summed E-state index contributed by atoms with van der Waals surface area (Å²) in [6, 6.07) is 8.45. The first kappa shape index (κ1) is 22.5. The molecule has 0 unspecified atom stereocenters. The van der Waals surface area contributed by atoms with Crippen molar-refractivity contribution in [2.45, 2.75) is 49.6 Å². The minimum absolute atomic E-state index is 0.104. The highest BCUT2D eigenvalue weighted by Gasteiger charge is 2.26. The van der Waals surface area contributed by atoms with Gasteiger partial charge in [0.05, 0.1) is 4.90 Å². The fourth-order valence-electron chi connectivity index (χ4n) is 4.13. The molecule has 0 saturated carbocycles. The van der Waals surface area contributed by atoms with Crippen LogP contribution in [0.25, 0.3) is 0 Å². The Morgan fingerprint density at radius 2 is 1.62 bits per heavy atom. The zero-order valence-electron chi connectivity index (χ0n) is 18.1. The number of nitrogens with zero attached hydrogens (tertiary/aromatic N) is 4. The summed E-state index contributed by atoms with van der Waals surface area (Å²) in [5.41, 5.74) is 0.855. The van der Waals surface area contributed by atoms with Crippen LogP contribution in [-0.2, 0) is 16.6 Å². The number of rotatable bonds is 6. The Bertz CT molecular complexity index is 986. The average Bonchev–Trinajstić information content (AvgIpc) is 2.84. The smallest absolute Gasteiger partial charge is 0.315 e. The van der Waals surface area contributed by atoms with Crippen LogP contribution in [0.3, 0.4) is 0 Å². The quantitative estimate of drug-likeness (QED) is 0.687. The van der Waals surface area contributed by atoms with E-state index in [1.807, 2.05) is 0 Å². The second kappa shape index (κ2) is 10.3. The fraction of sp³-hybridized carbons (Fsp3) is 0.500. The zero-order chi connectivity index (χ0) is 22.4. The number of anilines is 1. The summed E-state index contributed by atoms with van der Waals surface area (Å²) >= 11 is 0. The topological polar surface area (TPSA) is 108 Å². The summed E-state index contributed by atoms with van der Waals surface area (Å²) in [4.78, 5) is 23.3. The maximum absolute atomic E-state index is 12.7. The summed E-state index contributed by atoms with van der Waals surface area (Å²) < 4.78 is 27.0. The van der Waals surface area contributed by atoms with Gasteiger partial charge in [0.25, 0.3) is 0 Å². The van der Waals surface area contributed by atoms with Gasteiger partial charge in [0.2, 0.25) is 16.0 Å². The minimum Gasteiger partial charge on any atom is -0.341 e. The van der Waals surface area contributed by atoms with E-state index in [1.54, 1.807) is 47.0 Å². The molecule has 2 aliphatic rings. The first-order chi connectivity index (χ1) is 15.5. The number of amides is 2. The Kier molecular flexibility index (Phi) is 7.21. The molecule has 3 heterocycles. The van der Waals surface area contributed by atoms with Gasteiger partial charge >= 0.3 is 6.03 Å². The van der Waals surface area contributed by atoms with E-state index in [0.717, 1.165) is 56.7 Å². The van der Waals surface area contributed by atoms with E-state index in [0.29, 0.717) is 24.5 Å². The first-order valence-corrected chi connectivity index (χ1v) is 12.6. The number of carbonyl (C=O) groups excluding carboxylic acids is 1. The van der Waals surface area contributed by atoms with E-state index in [4.69, 9.17) is 0 Å². The van der Waals surface area contributed by atoms with E-state index >= 15 is 0 Å². The van der Waals surface area contributed by atoms with Gasteiger partial charge in [-0.2, -0.15) is 4.31 Å². The van der Waals surface area contributed by atoms with Crippen molar-refractivity contribution < 1.29 is 13.2 Å². The maximum Gasteiger partial charge on any atom is 0.315 e. The van der Waals surface area contributed by atoms with Gasteiger partial charge in [-0.15, -0.1) is 0 Å². The summed E-state index contributed by atoms with van der Waals surface area (Å²) in [6.45, 7) is 3.10. The van der Waals surface area contributed by atoms with Crippen molar-refractivity contribution in [2.24, 2.45) is 0 Å². The lowest BCUT2D eigenvalue weighted by molar-refractivity contribution is 0.234. The SMILES string of the molecule is O=C(NCc1ccc(S(=O)(=O)N2CCCCC2)cc1)NC1CCN(c2ncccn2)CC1. The molecule has 2 fully saturated rings. The Hall–Kier alpha value is -2.72. The number of aromatic nitrogens is 2. The molecule has 1 aromatic heterocycles. The standard InChI is InChI=1S/C22H30N6O3S/c29-22(26-19-9-15-27(16-10-19)21-23-11-4-12-24-21)25-17-18-5-7-20(8-6-18)32(30,31)28-13-2-1-3-14-28/h4-8,11-12,19H,1-3,9-10,13-17H2,(H2,25,26,29). The molecular formula is C22H30N6O3S. The van der Waals surface area contributed by atoms with Crippen LogP contribution in [0.1, 0.15) is 37.7 Å². The van der Waals surface area contributed by atoms with Crippen LogP contribution < -0.4 is 15.5 Å². The van der Waals surface area contributed by atoms with E-state index < -0.39 is 10.0 Å². The molecule has 2 saturated heterocycles. The zero-order valence-corrected chi connectivity index (χ0v) is 18.9. The number of benzene rings is 1. The number of urea groups is 1. The van der Waals surface area contributed by atoms with Gasteiger partial charge in [-0.25, -0.2) is 23.2 Å². The van der Waals surface area contributed by atoms with Gasteiger partial charge < -0.3 is 15.5 Å². The molecular weight excluding hydrogens is 428 g/mol. The fourth-order valence-corrected chi connectivity index (χ4v) is 5.65.